The van der Waals surface area contributed by atoms with E-state index in [1.807, 2.05) is 17.7 Å². The highest BCUT2D eigenvalue weighted by atomic mass is 35.5. The van der Waals surface area contributed by atoms with E-state index in [-0.39, 0.29) is 6.03 Å². The molecule has 0 radical (unpaired) electrons. The van der Waals surface area contributed by atoms with Gasteiger partial charge in [-0.15, -0.1) is 11.3 Å². The molecule has 0 unspecified atom stereocenters. The highest BCUT2D eigenvalue weighted by Gasteiger charge is 2.04. The summed E-state index contributed by atoms with van der Waals surface area (Å²) in [7, 11) is 0. The van der Waals surface area contributed by atoms with Crippen LogP contribution in [0.5, 0.6) is 0 Å². The van der Waals surface area contributed by atoms with E-state index < -0.39 is 0 Å². The predicted octanol–water partition coefficient (Wildman–Crippen LogP) is 2.73. The van der Waals surface area contributed by atoms with Crippen molar-refractivity contribution in [2.45, 2.75) is 13.5 Å². The molecule has 0 spiro atoms. The normalized spacial score (nSPS) is 10.3. The zero-order valence-electron chi connectivity index (χ0n) is 9.81. The fraction of sp³-hybridized carbons (Fsp3) is 0.273. The molecule has 2 aromatic rings. The third kappa shape index (κ3) is 3.48. The average molecular weight is 285 g/mol. The van der Waals surface area contributed by atoms with Crippen LogP contribution in [-0.2, 0) is 6.54 Å². The van der Waals surface area contributed by atoms with E-state index in [0.717, 1.165) is 11.3 Å². The number of carbonyl (C=O) groups excluding carboxylic acids is 1. The second-order valence-electron chi connectivity index (χ2n) is 3.77. The second kappa shape index (κ2) is 5.88. The molecule has 5 nitrogen and oxygen atoms in total. The van der Waals surface area contributed by atoms with E-state index in [4.69, 9.17) is 11.6 Å². The summed E-state index contributed by atoms with van der Waals surface area (Å²) in [5, 5.41) is 14.0. The molecule has 0 aliphatic carbocycles. The van der Waals surface area contributed by atoms with Crippen LogP contribution in [-0.4, -0.2) is 22.4 Å². The van der Waals surface area contributed by atoms with Gasteiger partial charge in [0.2, 0.25) is 0 Å². The number of hydrogen-bond acceptors (Lipinski definition) is 3. The number of rotatable bonds is 4. The molecule has 0 atom stereocenters. The monoisotopic (exact) mass is 284 g/mol. The van der Waals surface area contributed by atoms with Gasteiger partial charge in [0.1, 0.15) is 0 Å². The van der Waals surface area contributed by atoms with Crippen molar-refractivity contribution in [3.05, 3.63) is 33.7 Å². The molecule has 0 aliphatic heterocycles. The van der Waals surface area contributed by atoms with Gasteiger partial charge >= 0.3 is 6.03 Å². The number of nitrogens with zero attached hydrogens (tertiary/aromatic N) is 2. The fourth-order valence-corrected chi connectivity index (χ4v) is 2.34. The molecule has 2 rings (SSSR count). The van der Waals surface area contributed by atoms with Gasteiger partial charge in [-0.25, -0.2) is 4.79 Å². The summed E-state index contributed by atoms with van der Waals surface area (Å²) in [5.74, 6) is 0. The van der Waals surface area contributed by atoms with Crippen LogP contribution in [0.3, 0.4) is 0 Å². The van der Waals surface area contributed by atoms with Crippen LogP contribution < -0.4 is 10.6 Å². The predicted molar refractivity (Wildman–Crippen MR) is 73.3 cm³/mol. The van der Waals surface area contributed by atoms with Crippen molar-refractivity contribution in [2.75, 3.05) is 11.9 Å². The maximum atomic E-state index is 11.6. The lowest BCUT2D eigenvalue weighted by Gasteiger charge is -2.07. The highest BCUT2D eigenvalue weighted by molar-refractivity contribution is 7.08. The summed E-state index contributed by atoms with van der Waals surface area (Å²) in [5.41, 5.74) is 1.91. The number of urea groups is 1. The number of halogens is 1. The van der Waals surface area contributed by atoms with Crippen molar-refractivity contribution in [1.82, 2.24) is 15.1 Å². The van der Waals surface area contributed by atoms with Crippen molar-refractivity contribution in [3.8, 4) is 0 Å². The Labute approximate surface area is 114 Å². The van der Waals surface area contributed by atoms with E-state index >= 15 is 0 Å². The molecule has 0 saturated heterocycles. The van der Waals surface area contributed by atoms with Crippen molar-refractivity contribution in [3.63, 3.8) is 0 Å². The van der Waals surface area contributed by atoms with Crippen molar-refractivity contribution >= 4 is 34.7 Å². The fourth-order valence-electron chi connectivity index (χ4n) is 1.40. The number of amides is 2. The smallest absolute Gasteiger partial charge is 0.319 e. The number of aromatic nitrogens is 2. The van der Waals surface area contributed by atoms with Gasteiger partial charge in [0, 0.05) is 18.1 Å². The molecule has 96 valence electrons. The maximum absolute atomic E-state index is 11.6. The Morgan fingerprint density at radius 2 is 2.39 bits per heavy atom. The summed E-state index contributed by atoms with van der Waals surface area (Å²) < 4.78 is 1.68. The van der Waals surface area contributed by atoms with E-state index in [0.29, 0.717) is 18.1 Å². The summed E-state index contributed by atoms with van der Waals surface area (Å²) >= 11 is 7.29. The molecule has 2 amide bonds. The van der Waals surface area contributed by atoms with Crippen LogP contribution in [0.15, 0.2) is 23.2 Å². The molecule has 2 aromatic heterocycles. The van der Waals surface area contributed by atoms with Crippen LogP contribution >= 0.6 is 22.9 Å². The quantitative estimate of drug-likeness (QED) is 0.907. The Hall–Kier alpha value is -1.53. The molecule has 0 aliphatic rings. The number of aryl methyl sites for hydroxylation is 1. The minimum Gasteiger partial charge on any atom is -0.336 e. The number of nitrogens with one attached hydrogen (secondary N) is 2. The largest absolute Gasteiger partial charge is 0.336 e. The molecular weight excluding hydrogens is 272 g/mol. The van der Waals surface area contributed by atoms with E-state index in [1.54, 1.807) is 28.4 Å². The minimum atomic E-state index is -0.213. The number of anilines is 1. The van der Waals surface area contributed by atoms with Gasteiger partial charge in [-0.1, -0.05) is 11.6 Å². The van der Waals surface area contributed by atoms with E-state index in [9.17, 15) is 4.79 Å². The van der Waals surface area contributed by atoms with Gasteiger partial charge in [0.25, 0.3) is 0 Å². The van der Waals surface area contributed by atoms with Gasteiger partial charge in [-0.05, 0) is 17.9 Å². The van der Waals surface area contributed by atoms with Gasteiger partial charge in [0.15, 0.2) is 0 Å². The van der Waals surface area contributed by atoms with Crippen molar-refractivity contribution < 1.29 is 4.79 Å². The van der Waals surface area contributed by atoms with Crippen LogP contribution in [0.25, 0.3) is 0 Å². The molecule has 0 aromatic carbocycles. The molecule has 18 heavy (non-hydrogen) atoms. The summed E-state index contributed by atoms with van der Waals surface area (Å²) in [4.78, 5) is 11.6. The number of hydrogen-bond donors (Lipinski definition) is 2. The first-order chi connectivity index (χ1) is 8.65. The van der Waals surface area contributed by atoms with Gasteiger partial charge < -0.3 is 10.6 Å². The lowest BCUT2D eigenvalue weighted by Crippen LogP contribution is -2.31. The Bertz CT molecular complexity index is 537. The lowest BCUT2D eigenvalue weighted by molar-refractivity contribution is 0.251. The maximum Gasteiger partial charge on any atom is 0.319 e. The van der Waals surface area contributed by atoms with Gasteiger partial charge in [-0.2, -0.15) is 5.10 Å². The second-order valence-corrected chi connectivity index (χ2v) is 4.95. The molecular formula is C11H13ClN4OS. The SMILES string of the molecule is Cc1cscc1NC(=O)NCCn1cc(Cl)cn1. The standard InChI is InChI=1S/C11H13ClN4OS/c1-8-6-18-7-10(8)15-11(17)13-2-3-16-5-9(12)4-14-16/h4-7H,2-3H2,1H3,(H2,13,15,17). The first-order valence-electron chi connectivity index (χ1n) is 5.41. The van der Waals surface area contributed by atoms with E-state index in [1.165, 1.54) is 0 Å². The van der Waals surface area contributed by atoms with Crippen LogP contribution in [0.2, 0.25) is 5.02 Å². The number of carbonyl (C=O) groups is 1. The van der Waals surface area contributed by atoms with Gasteiger partial charge in [0.05, 0.1) is 23.5 Å². The summed E-state index contributed by atoms with van der Waals surface area (Å²) in [6, 6.07) is -0.213. The zero-order chi connectivity index (χ0) is 13.0. The molecule has 7 heteroatoms. The minimum absolute atomic E-state index is 0.213. The Morgan fingerprint density at radius 1 is 1.56 bits per heavy atom. The molecule has 0 fully saturated rings. The Kier molecular flexibility index (Phi) is 4.22. The molecule has 0 bridgehead atoms. The molecule has 2 N–H and O–H groups in total. The lowest BCUT2D eigenvalue weighted by atomic mass is 10.3. The zero-order valence-corrected chi connectivity index (χ0v) is 11.4. The molecule has 2 heterocycles. The first-order valence-corrected chi connectivity index (χ1v) is 6.73. The summed E-state index contributed by atoms with van der Waals surface area (Å²) in [6.45, 7) is 3.04. The van der Waals surface area contributed by atoms with Crippen molar-refractivity contribution in [2.24, 2.45) is 0 Å². The van der Waals surface area contributed by atoms with Crippen LogP contribution in [0.4, 0.5) is 10.5 Å². The third-order valence-electron chi connectivity index (χ3n) is 2.33. The number of thiophene rings is 1. The Morgan fingerprint density at radius 3 is 3.00 bits per heavy atom. The van der Waals surface area contributed by atoms with Crippen molar-refractivity contribution in [1.29, 1.82) is 0 Å². The third-order valence-corrected chi connectivity index (χ3v) is 3.39. The van der Waals surface area contributed by atoms with E-state index in [2.05, 4.69) is 15.7 Å². The molecule has 0 saturated carbocycles. The van der Waals surface area contributed by atoms with Crippen LogP contribution in [0.1, 0.15) is 5.56 Å². The first kappa shape index (κ1) is 12.9. The topological polar surface area (TPSA) is 59.0 Å². The highest BCUT2D eigenvalue weighted by Crippen LogP contribution is 2.18. The average Bonchev–Trinajstić information content (AvgIpc) is 2.89. The summed E-state index contributed by atoms with van der Waals surface area (Å²) in [6.07, 6.45) is 3.28. The Balaban J connectivity index is 1.74. The van der Waals surface area contributed by atoms with Gasteiger partial charge in [-0.3, -0.25) is 4.68 Å². The van der Waals surface area contributed by atoms with Crippen LogP contribution in [0, 0.1) is 6.92 Å².